The zero-order chi connectivity index (χ0) is 13.6. The quantitative estimate of drug-likeness (QED) is 0.566. The summed E-state index contributed by atoms with van der Waals surface area (Å²) in [5.74, 6) is 1.22. The smallest absolute Gasteiger partial charge is 0.145 e. The van der Waals surface area contributed by atoms with Crippen LogP contribution in [0.1, 0.15) is 12.8 Å². The summed E-state index contributed by atoms with van der Waals surface area (Å²) in [4.78, 5) is 2.32. The van der Waals surface area contributed by atoms with E-state index in [4.69, 9.17) is 0 Å². The molecule has 0 aromatic carbocycles. The molecule has 4 nitrogen and oxygen atoms in total. The van der Waals surface area contributed by atoms with E-state index in [1.807, 2.05) is 0 Å². The summed E-state index contributed by atoms with van der Waals surface area (Å²) in [5.41, 5.74) is 0. The van der Waals surface area contributed by atoms with Crippen LogP contribution in [0.3, 0.4) is 0 Å². The summed E-state index contributed by atoms with van der Waals surface area (Å²) in [6.07, 6.45) is 1.41. The molecule has 0 amide bonds. The fourth-order valence-corrected chi connectivity index (χ4v) is 10.3. The molecule has 19 heavy (non-hydrogen) atoms. The lowest BCUT2D eigenvalue weighted by Gasteiger charge is -2.32. The molecule has 8 heteroatoms. The van der Waals surface area contributed by atoms with Crippen LogP contribution < -0.4 is 0 Å². The van der Waals surface area contributed by atoms with Gasteiger partial charge in [0.05, 0.1) is 22.1 Å². The van der Waals surface area contributed by atoms with Gasteiger partial charge in [-0.2, -0.15) is 0 Å². The largest absolute Gasteiger partial charge is 0.605 e. The standard InChI is InChI=1S/C11H19NO3S4/c1-12-6(10-8(13)4-16-17-10)2-3-7(12)11-9(14)5-19(15)18-11/h6-11,13-14H,2-5H2,1H3/t6-,7+,8-,9-,10+,11-,19?/m0/s1. The Morgan fingerprint density at radius 2 is 1.84 bits per heavy atom. The third-order valence-corrected chi connectivity index (χ3v) is 10.6. The monoisotopic (exact) mass is 341 g/mol. The van der Waals surface area contributed by atoms with Gasteiger partial charge < -0.3 is 14.8 Å². The van der Waals surface area contributed by atoms with Crippen LogP contribution >= 0.6 is 32.4 Å². The Hall–Kier alpha value is 1.24. The maximum absolute atomic E-state index is 11.6. The van der Waals surface area contributed by atoms with Crippen LogP contribution in [0, 0.1) is 0 Å². The predicted octanol–water partition coefficient (Wildman–Crippen LogP) is 0.714. The topological polar surface area (TPSA) is 66.8 Å². The number of hydrogen-bond donors (Lipinski definition) is 2. The molecule has 3 rings (SSSR count). The lowest BCUT2D eigenvalue weighted by atomic mass is 10.1. The molecule has 0 aliphatic carbocycles. The Kier molecular flexibility index (Phi) is 4.91. The Morgan fingerprint density at radius 3 is 2.37 bits per heavy atom. The average Bonchev–Trinajstić information content (AvgIpc) is 3.00. The molecule has 3 heterocycles. The van der Waals surface area contributed by atoms with Crippen molar-refractivity contribution in [2.45, 2.75) is 47.6 Å². The second-order valence-electron chi connectivity index (χ2n) is 5.39. The Bertz CT molecular complexity index is 337. The van der Waals surface area contributed by atoms with Gasteiger partial charge in [0.25, 0.3) is 0 Å². The van der Waals surface area contributed by atoms with E-state index in [1.165, 1.54) is 10.8 Å². The summed E-state index contributed by atoms with van der Waals surface area (Å²) < 4.78 is 11.6. The summed E-state index contributed by atoms with van der Waals surface area (Å²) in [6, 6.07) is 0.664. The normalized spacial score (nSPS) is 52.1. The molecule has 3 aliphatic rings. The van der Waals surface area contributed by atoms with Crippen molar-refractivity contribution in [1.29, 1.82) is 0 Å². The van der Waals surface area contributed by atoms with Gasteiger partial charge in [-0.1, -0.05) is 21.6 Å². The van der Waals surface area contributed by atoms with E-state index < -0.39 is 16.3 Å². The molecule has 2 N–H and O–H groups in total. The minimum atomic E-state index is -0.933. The molecule has 3 fully saturated rings. The van der Waals surface area contributed by atoms with E-state index in [0.717, 1.165) is 18.6 Å². The lowest BCUT2D eigenvalue weighted by Crippen LogP contribution is -2.47. The van der Waals surface area contributed by atoms with Gasteiger partial charge in [0.1, 0.15) is 17.1 Å². The van der Waals surface area contributed by atoms with Crippen molar-refractivity contribution >= 4 is 42.6 Å². The molecule has 3 aliphatic heterocycles. The predicted molar refractivity (Wildman–Crippen MR) is 84.8 cm³/mol. The van der Waals surface area contributed by atoms with Crippen LogP contribution in [0.15, 0.2) is 0 Å². The van der Waals surface area contributed by atoms with Crippen molar-refractivity contribution in [2.75, 3.05) is 18.6 Å². The second kappa shape index (κ2) is 6.16. The zero-order valence-corrected chi connectivity index (χ0v) is 13.9. The highest BCUT2D eigenvalue weighted by Gasteiger charge is 2.50. The molecule has 110 valence electrons. The van der Waals surface area contributed by atoms with Crippen molar-refractivity contribution in [1.82, 2.24) is 4.90 Å². The number of aliphatic hydroxyl groups is 2. The first-order valence-corrected chi connectivity index (χ1v) is 11.6. The van der Waals surface area contributed by atoms with Gasteiger partial charge in [0.2, 0.25) is 0 Å². The molecular weight excluding hydrogens is 322 g/mol. The fourth-order valence-electron chi connectivity index (χ4n) is 3.24. The minimum Gasteiger partial charge on any atom is -0.605 e. The van der Waals surface area contributed by atoms with Crippen LogP contribution in [-0.2, 0) is 10.2 Å². The minimum absolute atomic E-state index is 0.0621. The van der Waals surface area contributed by atoms with Crippen LogP contribution in [0.4, 0.5) is 0 Å². The number of hydrogen-bond acceptors (Lipinski definition) is 7. The lowest BCUT2D eigenvalue weighted by molar-refractivity contribution is 0.122. The Labute approximate surface area is 128 Å². The van der Waals surface area contributed by atoms with Gasteiger partial charge in [0, 0.05) is 28.0 Å². The number of likely N-dealkylation sites (tertiary alicyclic amines) is 1. The number of rotatable bonds is 2. The first-order chi connectivity index (χ1) is 9.08. The van der Waals surface area contributed by atoms with Crippen LogP contribution in [0.25, 0.3) is 0 Å². The van der Waals surface area contributed by atoms with Gasteiger partial charge in [-0.25, -0.2) is 0 Å². The molecular formula is C11H19NO3S4. The summed E-state index contributed by atoms with van der Waals surface area (Å²) in [6.45, 7) is 0. The van der Waals surface area contributed by atoms with Gasteiger partial charge in [-0.15, -0.1) is 0 Å². The Balaban J connectivity index is 1.66. The van der Waals surface area contributed by atoms with E-state index in [-0.39, 0.29) is 22.6 Å². The highest BCUT2D eigenvalue weighted by atomic mass is 33.1. The zero-order valence-electron chi connectivity index (χ0n) is 10.7. The number of aliphatic hydroxyl groups excluding tert-OH is 2. The third kappa shape index (κ3) is 2.92. The van der Waals surface area contributed by atoms with Crippen molar-refractivity contribution < 1.29 is 14.8 Å². The SMILES string of the molecule is CN1[C@@H]([C@@H]2S[S+]([O-])C[C@@H]2O)CC[C@H]1[C@H]1SSC[C@@H]1O. The summed E-state index contributed by atoms with van der Waals surface area (Å²) in [7, 11) is 6.13. The fraction of sp³-hybridized carbons (Fsp3) is 1.00. The Morgan fingerprint density at radius 1 is 1.16 bits per heavy atom. The summed E-state index contributed by atoms with van der Waals surface area (Å²) in [5, 5.41) is 20.4. The van der Waals surface area contributed by atoms with Crippen LogP contribution in [0.5, 0.6) is 0 Å². The van der Waals surface area contributed by atoms with Gasteiger partial charge >= 0.3 is 0 Å². The molecule has 3 saturated heterocycles. The van der Waals surface area contributed by atoms with Crippen molar-refractivity contribution in [2.24, 2.45) is 0 Å². The van der Waals surface area contributed by atoms with Gasteiger partial charge in [-0.3, -0.25) is 4.90 Å². The van der Waals surface area contributed by atoms with E-state index in [9.17, 15) is 14.8 Å². The molecule has 1 unspecified atom stereocenters. The van der Waals surface area contributed by atoms with Crippen molar-refractivity contribution in [3.05, 3.63) is 0 Å². The molecule has 0 radical (unpaired) electrons. The highest BCUT2D eigenvalue weighted by Crippen LogP contribution is 2.46. The van der Waals surface area contributed by atoms with Crippen molar-refractivity contribution in [3.8, 4) is 0 Å². The molecule has 0 aromatic rings. The van der Waals surface area contributed by atoms with Crippen LogP contribution in [-0.4, -0.2) is 73.0 Å². The molecule has 0 saturated carbocycles. The maximum Gasteiger partial charge on any atom is 0.145 e. The first-order valence-electron chi connectivity index (χ1n) is 6.50. The van der Waals surface area contributed by atoms with E-state index in [1.54, 1.807) is 21.6 Å². The van der Waals surface area contributed by atoms with Gasteiger partial charge in [-0.05, 0) is 19.9 Å². The molecule has 7 atom stereocenters. The maximum atomic E-state index is 11.6. The van der Waals surface area contributed by atoms with E-state index >= 15 is 0 Å². The van der Waals surface area contributed by atoms with Gasteiger partial charge in [0.15, 0.2) is 0 Å². The van der Waals surface area contributed by atoms with E-state index in [2.05, 4.69) is 11.9 Å². The van der Waals surface area contributed by atoms with Crippen LogP contribution in [0.2, 0.25) is 0 Å². The molecule has 0 bridgehead atoms. The number of nitrogens with zero attached hydrogens (tertiary/aromatic N) is 1. The summed E-state index contributed by atoms with van der Waals surface area (Å²) >= 11 is 0. The third-order valence-electron chi connectivity index (χ3n) is 4.26. The highest BCUT2D eigenvalue weighted by molar-refractivity contribution is 8.77. The second-order valence-corrected chi connectivity index (χ2v) is 11.3. The molecule has 0 aromatic heterocycles. The first kappa shape index (κ1) is 15.1. The average molecular weight is 342 g/mol. The molecule has 0 spiro atoms. The van der Waals surface area contributed by atoms with Crippen molar-refractivity contribution in [3.63, 3.8) is 0 Å². The van der Waals surface area contributed by atoms with E-state index in [0.29, 0.717) is 11.8 Å².